The molecule has 1 aliphatic rings. The van der Waals surface area contributed by atoms with E-state index in [1.807, 2.05) is 30.3 Å². The van der Waals surface area contributed by atoms with Gasteiger partial charge in [0.25, 0.3) is 0 Å². The Morgan fingerprint density at radius 1 is 1.27 bits per heavy atom. The minimum absolute atomic E-state index is 0. The Labute approximate surface area is 149 Å². The fourth-order valence-electron chi connectivity index (χ4n) is 2.91. The van der Waals surface area contributed by atoms with E-state index in [1.54, 1.807) is 19.0 Å². The molecule has 1 amide bonds. The molecule has 0 spiro atoms. The third-order valence-corrected chi connectivity index (χ3v) is 4.02. The molecule has 3 N–H and O–H groups in total. The fourth-order valence-corrected chi connectivity index (χ4v) is 2.91. The highest BCUT2D eigenvalue weighted by Gasteiger charge is 2.41. The second-order valence-corrected chi connectivity index (χ2v) is 5.88. The number of hydrogen-bond donors (Lipinski definition) is 2. The van der Waals surface area contributed by atoms with Crippen molar-refractivity contribution in [1.29, 1.82) is 0 Å². The van der Waals surface area contributed by atoms with Crippen LogP contribution in [0.15, 0.2) is 35.3 Å². The fraction of sp³-hybridized carbons (Fsp3) is 0.500. The number of aliphatic imine (C=N–C) groups is 1. The minimum atomic E-state index is -0.369. The molecule has 0 bridgehead atoms. The van der Waals surface area contributed by atoms with Crippen molar-refractivity contribution in [2.24, 2.45) is 16.1 Å². The Kier molecular flexibility index (Phi) is 7.12. The maximum atomic E-state index is 12.4. The lowest BCUT2D eigenvalue weighted by atomic mass is 9.85. The van der Waals surface area contributed by atoms with E-state index in [2.05, 4.69) is 10.3 Å². The number of nitrogens with one attached hydrogen (secondary N) is 1. The molecular weight excluding hydrogens is 391 g/mol. The van der Waals surface area contributed by atoms with Crippen molar-refractivity contribution in [2.75, 3.05) is 26.0 Å². The number of carbonyl (C=O) groups excluding carboxylic acids is 1. The van der Waals surface area contributed by atoms with E-state index >= 15 is 0 Å². The monoisotopic (exact) mass is 416 g/mol. The number of carbonyl (C=O) groups is 1. The number of guanidine groups is 1. The number of amides is 1. The number of anilines is 1. The van der Waals surface area contributed by atoms with Crippen LogP contribution in [0.1, 0.15) is 25.7 Å². The van der Waals surface area contributed by atoms with Crippen LogP contribution >= 0.6 is 24.0 Å². The molecule has 1 aromatic carbocycles. The van der Waals surface area contributed by atoms with Crippen LogP contribution in [0.5, 0.6) is 0 Å². The van der Waals surface area contributed by atoms with Crippen LogP contribution in [0.3, 0.4) is 0 Å². The standard InChI is InChI=1S/C16H24N4O.HI/c1-20(2)14(21)16(10-6-7-11-16)12-18-15(17)19-13-8-4-3-5-9-13;/h3-5,8-9H,6-7,10-12H2,1-2H3,(H3,17,18,19);1H. The first-order valence-electron chi connectivity index (χ1n) is 7.37. The van der Waals surface area contributed by atoms with Crippen LogP contribution in [0.4, 0.5) is 5.69 Å². The predicted molar refractivity (Wildman–Crippen MR) is 102 cm³/mol. The molecule has 0 radical (unpaired) electrons. The van der Waals surface area contributed by atoms with Crippen molar-refractivity contribution >= 4 is 41.5 Å². The normalized spacial score (nSPS) is 16.7. The number of nitrogens with two attached hydrogens (primary N) is 1. The van der Waals surface area contributed by atoms with Crippen LogP contribution in [0.2, 0.25) is 0 Å². The van der Waals surface area contributed by atoms with Gasteiger partial charge in [0, 0.05) is 19.8 Å². The van der Waals surface area contributed by atoms with Gasteiger partial charge in [-0.3, -0.25) is 9.79 Å². The zero-order chi connectivity index (χ0) is 15.3. The van der Waals surface area contributed by atoms with Crippen LogP contribution < -0.4 is 11.1 Å². The summed E-state index contributed by atoms with van der Waals surface area (Å²) < 4.78 is 0. The number of hydrogen-bond acceptors (Lipinski definition) is 2. The summed E-state index contributed by atoms with van der Waals surface area (Å²) in [4.78, 5) is 18.5. The summed E-state index contributed by atoms with van der Waals surface area (Å²) in [6.45, 7) is 0.454. The summed E-state index contributed by atoms with van der Waals surface area (Å²) in [5, 5.41) is 3.05. The summed E-state index contributed by atoms with van der Waals surface area (Å²) in [5.41, 5.74) is 6.47. The Bertz CT molecular complexity index is 510. The van der Waals surface area contributed by atoms with Crippen molar-refractivity contribution in [1.82, 2.24) is 4.90 Å². The van der Waals surface area contributed by atoms with Crippen molar-refractivity contribution in [2.45, 2.75) is 25.7 Å². The molecule has 0 aromatic heterocycles. The van der Waals surface area contributed by atoms with Gasteiger partial charge in [-0.05, 0) is 25.0 Å². The summed E-state index contributed by atoms with van der Waals surface area (Å²) in [6, 6.07) is 9.67. The Hall–Kier alpha value is -1.31. The van der Waals surface area contributed by atoms with Gasteiger partial charge in [0.2, 0.25) is 5.91 Å². The van der Waals surface area contributed by atoms with Gasteiger partial charge in [0.1, 0.15) is 0 Å². The molecule has 0 aliphatic heterocycles. The lowest BCUT2D eigenvalue weighted by Gasteiger charge is -2.29. The zero-order valence-electron chi connectivity index (χ0n) is 13.2. The second-order valence-electron chi connectivity index (χ2n) is 5.88. The third kappa shape index (κ3) is 4.59. The third-order valence-electron chi connectivity index (χ3n) is 4.02. The topological polar surface area (TPSA) is 70.7 Å². The van der Waals surface area contributed by atoms with Crippen LogP contribution in [-0.2, 0) is 4.79 Å². The molecule has 1 fully saturated rings. The number of nitrogens with zero attached hydrogens (tertiary/aromatic N) is 2. The van der Waals surface area contributed by atoms with Crippen LogP contribution in [-0.4, -0.2) is 37.4 Å². The molecular formula is C16H25IN4O. The number of para-hydroxylation sites is 1. The molecule has 1 aliphatic carbocycles. The summed E-state index contributed by atoms with van der Waals surface area (Å²) in [6.07, 6.45) is 3.96. The van der Waals surface area contributed by atoms with Gasteiger partial charge in [0.15, 0.2) is 5.96 Å². The quantitative estimate of drug-likeness (QED) is 0.451. The van der Waals surface area contributed by atoms with Crippen LogP contribution in [0.25, 0.3) is 0 Å². The SMILES string of the molecule is CN(C)C(=O)C1(CN=C(N)Nc2ccccc2)CCCC1.I. The van der Waals surface area contributed by atoms with Gasteiger partial charge in [-0.15, -0.1) is 24.0 Å². The van der Waals surface area contributed by atoms with Gasteiger partial charge < -0.3 is 16.0 Å². The Morgan fingerprint density at radius 2 is 1.86 bits per heavy atom. The summed E-state index contributed by atoms with van der Waals surface area (Å²) in [5.74, 6) is 0.523. The first kappa shape index (κ1) is 18.7. The highest BCUT2D eigenvalue weighted by Crippen LogP contribution is 2.39. The lowest BCUT2D eigenvalue weighted by Crippen LogP contribution is -2.41. The van der Waals surface area contributed by atoms with Crippen molar-refractivity contribution < 1.29 is 4.79 Å². The van der Waals surface area contributed by atoms with E-state index in [9.17, 15) is 4.79 Å². The average molecular weight is 416 g/mol. The van der Waals surface area contributed by atoms with Crippen molar-refractivity contribution in [3.05, 3.63) is 30.3 Å². The molecule has 0 atom stereocenters. The van der Waals surface area contributed by atoms with Gasteiger partial charge in [-0.2, -0.15) is 0 Å². The largest absolute Gasteiger partial charge is 0.370 e. The summed E-state index contributed by atoms with van der Waals surface area (Å²) >= 11 is 0. The van der Waals surface area contributed by atoms with Gasteiger partial charge >= 0.3 is 0 Å². The molecule has 0 saturated heterocycles. The average Bonchev–Trinajstić information content (AvgIpc) is 2.95. The van der Waals surface area contributed by atoms with E-state index < -0.39 is 0 Å². The highest BCUT2D eigenvalue weighted by atomic mass is 127. The molecule has 1 aromatic rings. The smallest absolute Gasteiger partial charge is 0.230 e. The molecule has 5 nitrogen and oxygen atoms in total. The Morgan fingerprint density at radius 3 is 2.41 bits per heavy atom. The lowest BCUT2D eigenvalue weighted by molar-refractivity contribution is -0.138. The van der Waals surface area contributed by atoms with E-state index in [0.717, 1.165) is 31.4 Å². The maximum Gasteiger partial charge on any atom is 0.230 e. The first-order chi connectivity index (χ1) is 10.0. The second kappa shape index (κ2) is 8.36. The molecule has 122 valence electrons. The van der Waals surface area contributed by atoms with E-state index in [4.69, 9.17) is 5.73 Å². The Balaban J connectivity index is 0.00000242. The molecule has 0 heterocycles. The minimum Gasteiger partial charge on any atom is -0.370 e. The van der Waals surface area contributed by atoms with Crippen molar-refractivity contribution in [3.8, 4) is 0 Å². The number of rotatable bonds is 4. The molecule has 1 saturated carbocycles. The maximum absolute atomic E-state index is 12.4. The molecule has 2 rings (SSSR count). The van der Waals surface area contributed by atoms with Gasteiger partial charge in [0.05, 0.1) is 12.0 Å². The predicted octanol–water partition coefficient (Wildman–Crippen LogP) is 2.68. The van der Waals surface area contributed by atoms with E-state index in [1.165, 1.54) is 0 Å². The van der Waals surface area contributed by atoms with Gasteiger partial charge in [-0.1, -0.05) is 31.0 Å². The number of benzene rings is 1. The number of halogens is 1. The van der Waals surface area contributed by atoms with Crippen molar-refractivity contribution in [3.63, 3.8) is 0 Å². The molecule has 0 unspecified atom stereocenters. The zero-order valence-corrected chi connectivity index (χ0v) is 15.5. The molecule has 22 heavy (non-hydrogen) atoms. The van der Waals surface area contributed by atoms with Gasteiger partial charge in [-0.25, -0.2) is 0 Å². The van der Waals surface area contributed by atoms with E-state index in [-0.39, 0.29) is 35.3 Å². The first-order valence-corrected chi connectivity index (χ1v) is 7.37. The summed E-state index contributed by atoms with van der Waals surface area (Å²) in [7, 11) is 3.61. The highest BCUT2D eigenvalue weighted by molar-refractivity contribution is 14.0. The van der Waals surface area contributed by atoms with E-state index in [0.29, 0.717) is 12.5 Å². The molecule has 6 heteroatoms. The van der Waals surface area contributed by atoms with Crippen LogP contribution in [0, 0.1) is 5.41 Å².